The number of hydrogen-bond donors (Lipinski definition) is 1. The van der Waals surface area contributed by atoms with Crippen molar-refractivity contribution in [2.45, 2.75) is 33.0 Å². The Morgan fingerprint density at radius 2 is 2.18 bits per heavy atom. The predicted molar refractivity (Wildman–Crippen MR) is 104 cm³/mol. The molecule has 3 heterocycles. The van der Waals surface area contributed by atoms with Crippen LogP contribution in [0.2, 0.25) is 0 Å². The van der Waals surface area contributed by atoms with Gasteiger partial charge in [0.15, 0.2) is 5.82 Å². The number of fused-ring (bicyclic) bond motifs is 3. The normalized spacial score (nSPS) is 12.9. The number of nitrogens with two attached hydrogens (primary N) is 1. The summed E-state index contributed by atoms with van der Waals surface area (Å²) in [7, 11) is 1.67. The first kappa shape index (κ1) is 18.0. The first-order valence-electron chi connectivity index (χ1n) is 9.17. The SMILES string of the molecule is CC(C)n1ncnc1-c1cn2c(n1)-c1ccc(CN(C)C(N)=O)cc1OCC2. The van der Waals surface area contributed by atoms with Gasteiger partial charge in [0.1, 0.15) is 30.2 Å². The average Bonchev–Trinajstić information content (AvgIpc) is 3.26. The Kier molecular flexibility index (Phi) is 4.50. The van der Waals surface area contributed by atoms with E-state index in [9.17, 15) is 4.79 Å². The zero-order valence-electron chi connectivity index (χ0n) is 16.2. The van der Waals surface area contributed by atoms with Crippen LogP contribution in [0.3, 0.4) is 0 Å². The number of amides is 2. The lowest BCUT2D eigenvalue weighted by Crippen LogP contribution is -2.31. The molecule has 0 fully saturated rings. The molecule has 0 spiro atoms. The minimum absolute atomic E-state index is 0.194. The van der Waals surface area contributed by atoms with Gasteiger partial charge in [-0.05, 0) is 31.5 Å². The number of hydrogen-bond acceptors (Lipinski definition) is 5. The van der Waals surface area contributed by atoms with E-state index in [1.807, 2.05) is 29.1 Å². The summed E-state index contributed by atoms with van der Waals surface area (Å²) >= 11 is 0. The Hall–Kier alpha value is -3.36. The first-order valence-corrected chi connectivity index (χ1v) is 9.17. The van der Waals surface area contributed by atoms with E-state index in [0.717, 1.165) is 34.2 Å². The third-order valence-corrected chi connectivity index (χ3v) is 4.74. The van der Waals surface area contributed by atoms with E-state index in [1.165, 1.54) is 4.90 Å². The van der Waals surface area contributed by atoms with Crippen LogP contribution >= 0.6 is 0 Å². The molecular formula is C19H23N7O2. The first-order chi connectivity index (χ1) is 13.4. The highest BCUT2D eigenvalue weighted by molar-refractivity contribution is 5.72. The predicted octanol–water partition coefficient (Wildman–Crippen LogP) is 2.29. The molecular weight excluding hydrogens is 358 g/mol. The Morgan fingerprint density at radius 3 is 2.93 bits per heavy atom. The monoisotopic (exact) mass is 381 g/mol. The molecule has 2 N–H and O–H groups in total. The fourth-order valence-corrected chi connectivity index (χ4v) is 3.30. The third-order valence-electron chi connectivity index (χ3n) is 4.74. The van der Waals surface area contributed by atoms with Crippen molar-refractivity contribution in [3.8, 4) is 28.7 Å². The van der Waals surface area contributed by atoms with Crippen molar-refractivity contribution in [3.05, 3.63) is 36.3 Å². The standard InChI is InChI=1S/C19H23N7O2/c1-12(2)26-18(21-11-22-26)15-10-25-6-7-28-16-8-13(9-24(3)19(20)27)4-5-14(16)17(25)23-15/h4-5,8,10-12H,6-7,9H2,1-3H3,(H2,20,27). The largest absolute Gasteiger partial charge is 0.491 e. The molecule has 9 heteroatoms. The number of aromatic nitrogens is 5. The highest BCUT2D eigenvalue weighted by Crippen LogP contribution is 2.34. The van der Waals surface area contributed by atoms with Crippen molar-refractivity contribution < 1.29 is 9.53 Å². The van der Waals surface area contributed by atoms with Gasteiger partial charge in [-0.3, -0.25) is 0 Å². The van der Waals surface area contributed by atoms with Crippen LogP contribution in [0, 0.1) is 0 Å². The van der Waals surface area contributed by atoms with Crippen LogP contribution in [-0.2, 0) is 13.1 Å². The van der Waals surface area contributed by atoms with Gasteiger partial charge in [-0.1, -0.05) is 6.07 Å². The molecule has 1 aliphatic heterocycles. The summed E-state index contributed by atoms with van der Waals surface area (Å²) in [6, 6.07) is 5.60. The van der Waals surface area contributed by atoms with Crippen LogP contribution in [0.1, 0.15) is 25.5 Å². The molecule has 1 aliphatic rings. The number of benzene rings is 1. The van der Waals surface area contributed by atoms with Crippen molar-refractivity contribution in [3.63, 3.8) is 0 Å². The van der Waals surface area contributed by atoms with Crippen molar-refractivity contribution in [2.75, 3.05) is 13.7 Å². The molecule has 28 heavy (non-hydrogen) atoms. The molecule has 2 amide bonds. The van der Waals surface area contributed by atoms with Crippen LogP contribution < -0.4 is 10.5 Å². The summed E-state index contributed by atoms with van der Waals surface area (Å²) < 4.78 is 9.88. The number of imidazole rings is 1. The van der Waals surface area contributed by atoms with Crippen molar-refractivity contribution in [1.82, 2.24) is 29.2 Å². The van der Waals surface area contributed by atoms with E-state index >= 15 is 0 Å². The van der Waals surface area contributed by atoms with E-state index < -0.39 is 6.03 Å². The average molecular weight is 381 g/mol. The zero-order chi connectivity index (χ0) is 19.8. The number of rotatable bonds is 4. The van der Waals surface area contributed by atoms with Crippen molar-refractivity contribution in [1.29, 1.82) is 0 Å². The maximum atomic E-state index is 11.3. The quantitative estimate of drug-likeness (QED) is 0.747. The molecule has 2 aromatic heterocycles. The number of nitrogens with zero attached hydrogens (tertiary/aromatic N) is 6. The minimum atomic E-state index is -0.467. The number of carbonyl (C=O) groups excluding carboxylic acids is 1. The Labute approximate surface area is 162 Å². The fraction of sp³-hybridized carbons (Fsp3) is 0.368. The van der Waals surface area contributed by atoms with E-state index in [-0.39, 0.29) is 6.04 Å². The molecule has 1 aromatic carbocycles. The maximum absolute atomic E-state index is 11.3. The van der Waals surface area contributed by atoms with Gasteiger partial charge in [0.25, 0.3) is 0 Å². The Balaban J connectivity index is 1.72. The van der Waals surface area contributed by atoms with Gasteiger partial charge in [0.05, 0.1) is 12.1 Å². The summed E-state index contributed by atoms with van der Waals surface area (Å²) in [5.74, 6) is 2.32. The van der Waals surface area contributed by atoms with Crippen LogP contribution in [0.4, 0.5) is 4.79 Å². The van der Waals surface area contributed by atoms with Crippen LogP contribution in [0.15, 0.2) is 30.7 Å². The van der Waals surface area contributed by atoms with Gasteiger partial charge in [-0.2, -0.15) is 5.10 Å². The van der Waals surface area contributed by atoms with Gasteiger partial charge < -0.3 is 19.9 Å². The molecule has 0 radical (unpaired) electrons. The zero-order valence-corrected chi connectivity index (χ0v) is 16.2. The van der Waals surface area contributed by atoms with Crippen molar-refractivity contribution >= 4 is 6.03 Å². The number of carbonyl (C=O) groups is 1. The summed E-state index contributed by atoms with van der Waals surface area (Å²) in [4.78, 5) is 22.0. The van der Waals surface area contributed by atoms with Crippen molar-refractivity contribution in [2.24, 2.45) is 5.73 Å². The molecule has 146 valence electrons. The molecule has 0 saturated carbocycles. The second-order valence-corrected chi connectivity index (χ2v) is 7.14. The smallest absolute Gasteiger partial charge is 0.314 e. The van der Waals surface area contributed by atoms with Gasteiger partial charge in [-0.15, -0.1) is 0 Å². The molecule has 0 bridgehead atoms. The van der Waals surface area contributed by atoms with Gasteiger partial charge in [0, 0.05) is 25.8 Å². The minimum Gasteiger partial charge on any atom is -0.491 e. The summed E-state index contributed by atoms with van der Waals surface area (Å²) in [6.07, 6.45) is 3.55. The highest BCUT2D eigenvalue weighted by Gasteiger charge is 2.22. The lowest BCUT2D eigenvalue weighted by atomic mass is 10.1. The fourth-order valence-electron chi connectivity index (χ4n) is 3.30. The molecule has 9 nitrogen and oxygen atoms in total. The topological polar surface area (TPSA) is 104 Å². The van der Waals surface area contributed by atoms with E-state index in [0.29, 0.717) is 19.7 Å². The van der Waals surface area contributed by atoms with Gasteiger partial charge >= 0.3 is 6.03 Å². The lowest BCUT2D eigenvalue weighted by Gasteiger charge is -2.15. The maximum Gasteiger partial charge on any atom is 0.314 e. The van der Waals surface area contributed by atoms with E-state index in [4.69, 9.17) is 15.5 Å². The molecule has 4 rings (SSSR count). The Bertz CT molecular complexity index is 1020. The number of urea groups is 1. The second-order valence-electron chi connectivity index (χ2n) is 7.14. The molecule has 0 atom stereocenters. The number of ether oxygens (including phenoxy) is 1. The van der Waals surface area contributed by atoms with E-state index in [1.54, 1.807) is 13.4 Å². The van der Waals surface area contributed by atoms with Crippen LogP contribution in [-0.4, -0.2) is 48.9 Å². The molecule has 0 aliphatic carbocycles. The Morgan fingerprint density at radius 1 is 1.36 bits per heavy atom. The summed E-state index contributed by atoms with van der Waals surface area (Å²) in [5.41, 5.74) is 7.96. The van der Waals surface area contributed by atoms with Crippen LogP contribution in [0.25, 0.3) is 22.9 Å². The number of primary amides is 1. The molecule has 0 saturated heterocycles. The highest BCUT2D eigenvalue weighted by atomic mass is 16.5. The van der Waals surface area contributed by atoms with E-state index in [2.05, 4.69) is 28.5 Å². The third kappa shape index (κ3) is 3.19. The summed E-state index contributed by atoms with van der Waals surface area (Å²) in [6.45, 7) is 5.76. The molecule has 0 unspecified atom stereocenters. The van der Waals surface area contributed by atoms with Crippen LogP contribution in [0.5, 0.6) is 5.75 Å². The summed E-state index contributed by atoms with van der Waals surface area (Å²) in [5, 5.41) is 4.30. The lowest BCUT2D eigenvalue weighted by molar-refractivity contribution is 0.216. The molecule has 3 aromatic rings. The van der Waals surface area contributed by atoms with Gasteiger partial charge in [-0.25, -0.2) is 19.4 Å². The van der Waals surface area contributed by atoms with Gasteiger partial charge in [0.2, 0.25) is 0 Å². The second kappa shape index (κ2) is 6.99.